The van der Waals surface area contributed by atoms with Gasteiger partial charge >= 0.3 is 0 Å². The van der Waals surface area contributed by atoms with Crippen LogP contribution < -0.4 is 10.1 Å². The van der Waals surface area contributed by atoms with Crippen molar-refractivity contribution in [3.05, 3.63) is 59.1 Å². The van der Waals surface area contributed by atoms with E-state index in [1.54, 1.807) is 24.8 Å². The molecule has 3 rings (SSSR count). The lowest BCUT2D eigenvalue weighted by Crippen LogP contribution is -2.30. The molecule has 0 spiro atoms. The number of carbonyl (C=O) groups excluding carboxylic acids is 1. The quantitative estimate of drug-likeness (QED) is 0.610. The van der Waals surface area contributed by atoms with Crippen molar-refractivity contribution in [3.8, 4) is 11.4 Å². The summed E-state index contributed by atoms with van der Waals surface area (Å²) in [5.41, 5.74) is 1.65. The van der Waals surface area contributed by atoms with E-state index in [-0.39, 0.29) is 11.2 Å². The molecule has 1 heterocycles. The zero-order valence-electron chi connectivity index (χ0n) is 14.8. The van der Waals surface area contributed by atoms with E-state index in [0.29, 0.717) is 16.7 Å². The van der Waals surface area contributed by atoms with Crippen molar-refractivity contribution >= 4 is 29.3 Å². The van der Waals surface area contributed by atoms with Crippen LogP contribution in [0.3, 0.4) is 0 Å². The molecular formula is C18H18ClN5O2S. The van der Waals surface area contributed by atoms with Crippen LogP contribution in [-0.2, 0) is 11.3 Å². The Bertz CT molecular complexity index is 916. The van der Waals surface area contributed by atoms with E-state index in [1.165, 1.54) is 11.8 Å². The van der Waals surface area contributed by atoms with Crippen LogP contribution in [-0.4, -0.2) is 38.5 Å². The van der Waals surface area contributed by atoms with Gasteiger partial charge in [-0.05, 0) is 53.2 Å². The van der Waals surface area contributed by atoms with Crippen LogP contribution in [0.2, 0.25) is 5.02 Å². The van der Waals surface area contributed by atoms with Crippen LogP contribution in [0.1, 0.15) is 12.5 Å². The smallest absolute Gasteiger partial charge is 0.233 e. The van der Waals surface area contributed by atoms with Crippen LogP contribution in [0.5, 0.6) is 5.75 Å². The topological polar surface area (TPSA) is 81.9 Å². The van der Waals surface area contributed by atoms with Gasteiger partial charge < -0.3 is 10.1 Å². The summed E-state index contributed by atoms with van der Waals surface area (Å²) in [6, 6.07) is 14.8. The fourth-order valence-electron chi connectivity index (χ4n) is 2.32. The van der Waals surface area contributed by atoms with E-state index < -0.39 is 0 Å². The first kappa shape index (κ1) is 19.2. The third-order valence-corrected chi connectivity index (χ3v) is 5.22. The molecule has 1 amide bonds. The maximum Gasteiger partial charge on any atom is 0.233 e. The SMILES string of the molecule is COc1ccc(-n2nnnc2S[C@H](C)C(=O)NCc2ccccc2Cl)cc1. The number of amides is 1. The van der Waals surface area contributed by atoms with Gasteiger partial charge in [-0.1, -0.05) is 41.6 Å². The summed E-state index contributed by atoms with van der Waals surface area (Å²) in [5, 5.41) is 15.4. The molecule has 0 aliphatic rings. The molecule has 0 aliphatic heterocycles. The summed E-state index contributed by atoms with van der Waals surface area (Å²) < 4.78 is 6.74. The summed E-state index contributed by atoms with van der Waals surface area (Å²) in [6.07, 6.45) is 0. The molecule has 7 nitrogen and oxygen atoms in total. The van der Waals surface area contributed by atoms with Crippen molar-refractivity contribution in [1.29, 1.82) is 0 Å². The van der Waals surface area contributed by atoms with Gasteiger partial charge in [0.25, 0.3) is 0 Å². The highest BCUT2D eigenvalue weighted by Crippen LogP contribution is 2.24. The molecule has 0 saturated heterocycles. The number of ether oxygens (including phenoxy) is 1. The zero-order chi connectivity index (χ0) is 19.2. The second-order valence-corrected chi connectivity index (χ2v) is 7.36. The predicted octanol–water partition coefficient (Wildman–Crippen LogP) is 3.12. The summed E-state index contributed by atoms with van der Waals surface area (Å²) >= 11 is 7.40. The number of nitrogens with one attached hydrogen (secondary N) is 1. The molecule has 2 aromatic carbocycles. The number of carbonyl (C=O) groups is 1. The Morgan fingerprint density at radius 1 is 1.26 bits per heavy atom. The van der Waals surface area contributed by atoms with Gasteiger partial charge in [0.2, 0.25) is 11.1 Å². The molecule has 140 valence electrons. The van der Waals surface area contributed by atoms with Gasteiger partial charge in [0.15, 0.2) is 0 Å². The molecule has 1 atom stereocenters. The first-order valence-corrected chi connectivity index (χ1v) is 9.45. The molecule has 0 unspecified atom stereocenters. The van der Waals surface area contributed by atoms with Crippen molar-refractivity contribution in [2.45, 2.75) is 23.9 Å². The molecule has 9 heteroatoms. The van der Waals surface area contributed by atoms with E-state index in [2.05, 4.69) is 20.8 Å². The highest BCUT2D eigenvalue weighted by atomic mass is 35.5. The number of rotatable bonds is 7. The first-order chi connectivity index (χ1) is 13.1. The van der Waals surface area contributed by atoms with Crippen LogP contribution in [0, 0.1) is 0 Å². The van der Waals surface area contributed by atoms with E-state index in [0.717, 1.165) is 17.0 Å². The fourth-order valence-corrected chi connectivity index (χ4v) is 3.35. The molecule has 0 radical (unpaired) electrons. The summed E-state index contributed by atoms with van der Waals surface area (Å²) in [6.45, 7) is 2.17. The maximum atomic E-state index is 12.4. The number of hydrogen-bond acceptors (Lipinski definition) is 6. The van der Waals surface area contributed by atoms with Gasteiger partial charge in [-0.2, -0.15) is 4.68 Å². The van der Waals surface area contributed by atoms with Crippen molar-refractivity contribution in [3.63, 3.8) is 0 Å². The van der Waals surface area contributed by atoms with E-state index in [1.807, 2.05) is 42.5 Å². The minimum atomic E-state index is -0.379. The highest BCUT2D eigenvalue weighted by Gasteiger charge is 2.19. The second kappa shape index (κ2) is 8.88. The highest BCUT2D eigenvalue weighted by molar-refractivity contribution is 8.00. The van der Waals surface area contributed by atoms with Crippen LogP contribution in [0.4, 0.5) is 0 Å². The molecule has 0 fully saturated rings. The monoisotopic (exact) mass is 403 g/mol. The summed E-state index contributed by atoms with van der Waals surface area (Å²) in [7, 11) is 1.61. The molecule has 1 aromatic heterocycles. The lowest BCUT2D eigenvalue weighted by molar-refractivity contribution is -0.120. The van der Waals surface area contributed by atoms with Gasteiger partial charge in [-0.3, -0.25) is 4.79 Å². The van der Waals surface area contributed by atoms with E-state index in [4.69, 9.17) is 16.3 Å². The van der Waals surface area contributed by atoms with Gasteiger partial charge in [-0.25, -0.2) is 0 Å². The zero-order valence-corrected chi connectivity index (χ0v) is 16.4. The van der Waals surface area contributed by atoms with E-state index >= 15 is 0 Å². The molecular weight excluding hydrogens is 386 g/mol. The molecule has 27 heavy (non-hydrogen) atoms. The number of aromatic nitrogens is 4. The molecule has 0 aliphatic carbocycles. The fraction of sp³-hybridized carbons (Fsp3) is 0.222. The second-order valence-electron chi connectivity index (χ2n) is 5.64. The lowest BCUT2D eigenvalue weighted by atomic mass is 10.2. The Labute approximate surface area is 166 Å². The Hall–Kier alpha value is -2.58. The first-order valence-electron chi connectivity index (χ1n) is 8.19. The van der Waals surface area contributed by atoms with Gasteiger partial charge in [0, 0.05) is 11.6 Å². The number of methoxy groups -OCH3 is 1. The van der Waals surface area contributed by atoms with Crippen LogP contribution >= 0.6 is 23.4 Å². The van der Waals surface area contributed by atoms with Crippen molar-refractivity contribution in [1.82, 2.24) is 25.5 Å². The minimum absolute atomic E-state index is 0.121. The third-order valence-electron chi connectivity index (χ3n) is 3.82. The third kappa shape index (κ3) is 4.78. The van der Waals surface area contributed by atoms with Crippen molar-refractivity contribution in [2.75, 3.05) is 7.11 Å². The Morgan fingerprint density at radius 2 is 2.00 bits per heavy atom. The standard InChI is InChI=1S/C18H18ClN5O2S/c1-12(17(25)20-11-13-5-3-4-6-16(13)19)27-18-21-22-23-24(18)14-7-9-15(26-2)10-8-14/h3-10,12H,11H2,1-2H3,(H,20,25)/t12-/m1/s1. The lowest BCUT2D eigenvalue weighted by Gasteiger charge is -2.12. The average Bonchev–Trinajstić information content (AvgIpc) is 3.15. The van der Waals surface area contributed by atoms with Crippen LogP contribution in [0.25, 0.3) is 5.69 Å². The molecule has 1 N–H and O–H groups in total. The van der Waals surface area contributed by atoms with Gasteiger partial charge in [0.05, 0.1) is 18.0 Å². The molecule has 0 saturated carbocycles. The molecule has 0 bridgehead atoms. The maximum absolute atomic E-state index is 12.4. The Balaban J connectivity index is 1.64. The normalized spacial score (nSPS) is 11.8. The number of nitrogens with zero attached hydrogens (tertiary/aromatic N) is 4. The number of halogens is 1. The number of benzene rings is 2. The summed E-state index contributed by atoms with van der Waals surface area (Å²) in [5.74, 6) is 0.623. The minimum Gasteiger partial charge on any atom is -0.497 e. The summed E-state index contributed by atoms with van der Waals surface area (Å²) in [4.78, 5) is 12.4. The Morgan fingerprint density at radius 3 is 2.70 bits per heavy atom. The van der Waals surface area contributed by atoms with E-state index in [9.17, 15) is 4.79 Å². The van der Waals surface area contributed by atoms with Gasteiger partial charge in [-0.15, -0.1) is 5.10 Å². The van der Waals surface area contributed by atoms with Crippen molar-refractivity contribution < 1.29 is 9.53 Å². The van der Waals surface area contributed by atoms with Crippen LogP contribution in [0.15, 0.2) is 53.7 Å². The van der Waals surface area contributed by atoms with Crippen molar-refractivity contribution in [2.24, 2.45) is 0 Å². The largest absolute Gasteiger partial charge is 0.497 e. The molecule has 3 aromatic rings. The number of thioether (sulfide) groups is 1. The number of tetrazole rings is 1. The average molecular weight is 404 g/mol. The predicted molar refractivity (Wildman–Crippen MR) is 104 cm³/mol. The van der Waals surface area contributed by atoms with Gasteiger partial charge in [0.1, 0.15) is 5.75 Å². The Kier molecular flexibility index (Phi) is 6.31. The number of hydrogen-bond donors (Lipinski definition) is 1.